The van der Waals surface area contributed by atoms with Crippen LogP contribution in [0.25, 0.3) is 11.1 Å². The second-order valence-corrected chi connectivity index (χ2v) is 5.10. The van der Waals surface area contributed by atoms with Crippen molar-refractivity contribution in [3.8, 4) is 11.1 Å². The molecule has 3 rings (SSSR count). The van der Waals surface area contributed by atoms with Crippen LogP contribution in [-0.4, -0.2) is 6.04 Å². The Bertz CT molecular complexity index is 457. The Hall–Kier alpha value is -1.12. The van der Waals surface area contributed by atoms with Crippen LogP contribution in [0.4, 0.5) is 0 Å². The van der Waals surface area contributed by atoms with Gasteiger partial charge in [-0.05, 0) is 46.4 Å². The van der Waals surface area contributed by atoms with Gasteiger partial charge >= 0.3 is 0 Å². The third kappa shape index (κ3) is 2.18. The minimum Gasteiger partial charge on any atom is -0.310 e. The minimum absolute atomic E-state index is 0.774. The number of benzene rings is 1. The van der Waals surface area contributed by atoms with Crippen LogP contribution in [0.15, 0.2) is 41.1 Å². The molecule has 1 N–H and O–H groups in total. The molecule has 1 fully saturated rings. The average Bonchev–Trinajstić information content (AvgIpc) is 3.00. The van der Waals surface area contributed by atoms with Crippen LogP contribution in [0.1, 0.15) is 18.4 Å². The summed E-state index contributed by atoms with van der Waals surface area (Å²) < 4.78 is 0. The van der Waals surface area contributed by atoms with Gasteiger partial charge < -0.3 is 5.32 Å². The van der Waals surface area contributed by atoms with Crippen molar-refractivity contribution >= 4 is 11.3 Å². The maximum Gasteiger partial charge on any atom is 0.0214 e. The van der Waals surface area contributed by atoms with Gasteiger partial charge in [-0.3, -0.25) is 0 Å². The average molecular weight is 229 g/mol. The highest BCUT2D eigenvalue weighted by atomic mass is 32.1. The van der Waals surface area contributed by atoms with Gasteiger partial charge in [-0.2, -0.15) is 11.3 Å². The van der Waals surface area contributed by atoms with Gasteiger partial charge in [0.1, 0.15) is 0 Å². The Kier molecular flexibility index (Phi) is 2.77. The van der Waals surface area contributed by atoms with E-state index in [1.165, 1.54) is 29.5 Å². The Morgan fingerprint density at radius 2 is 2.06 bits per heavy atom. The summed E-state index contributed by atoms with van der Waals surface area (Å²) in [5, 5.41) is 7.94. The van der Waals surface area contributed by atoms with Gasteiger partial charge in [-0.1, -0.05) is 24.3 Å². The van der Waals surface area contributed by atoms with Crippen LogP contribution in [0.3, 0.4) is 0 Å². The lowest BCUT2D eigenvalue weighted by Crippen LogP contribution is -2.15. The van der Waals surface area contributed by atoms with Gasteiger partial charge in [-0.15, -0.1) is 0 Å². The van der Waals surface area contributed by atoms with E-state index in [1.54, 1.807) is 11.3 Å². The number of thiophene rings is 1. The van der Waals surface area contributed by atoms with Gasteiger partial charge in [0.15, 0.2) is 0 Å². The van der Waals surface area contributed by atoms with Crippen LogP contribution in [-0.2, 0) is 6.54 Å². The highest BCUT2D eigenvalue weighted by Gasteiger charge is 2.20. The first kappa shape index (κ1) is 10.1. The molecule has 0 saturated heterocycles. The summed E-state index contributed by atoms with van der Waals surface area (Å²) in [7, 11) is 0. The Morgan fingerprint density at radius 3 is 2.81 bits per heavy atom. The molecule has 0 atom stereocenters. The molecule has 0 bridgehead atoms. The van der Waals surface area contributed by atoms with E-state index < -0.39 is 0 Å². The van der Waals surface area contributed by atoms with Crippen molar-refractivity contribution in [2.75, 3.05) is 0 Å². The first-order valence-corrected chi connectivity index (χ1v) is 6.71. The predicted octanol–water partition coefficient (Wildman–Crippen LogP) is 3.67. The number of hydrogen-bond donors (Lipinski definition) is 1. The molecule has 2 heteroatoms. The standard InChI is InChI=1S/C14H15NS/c1-2-4-14(12-7-8-16-10-12)11(3-1)9-15-13-5-6-13/h1-4,7-8,10,13,15H,5-6,9H2. The normalized spacial score (nSPS) is 15.2. The molecular weight excluding hydrogens is 214 g/mol. The molecule has 0 spiro atoms. The second-order valence-electron chi connectivity index (χ2n) is 4.32. The molecule has 1 saturated carbocycles. The third-order valence-electron chi connectivity index (χ3n) is 3.01. The maximum absolute atomic E-state index is 3.58. The predicted molar refractivity (Wildman–Crippen MR) is 69.6 cm³/mol. The zero-order valence-corrected chi connectivity index (χ0v) is 9.96. The topological polar surface area (TPSA) is 12.0 Å². The quantitative estimate of drug-likeness (QED) is 0.843. The molecule has 16 heavy (non-hydrogen) atoms. The minimum atomic E-state index is 0.774. The number of hydrogen-bond acceptors (Lipinski definition) is 2. The fraction of sp³-hybridized carbons (Fsp3) is 0.286. The Balaban J connectivity index is 1.85. The van der Waals surface area contributed by atoms with Gasteiger partial charge in [-0.25, -0.2) is 0 Å². The number of rotatable bonds is 4. The van der Waals surface area contributed by atoms with E-state index in [9.17, 15) is 0 Å². The zero-order chi connectivity index (χ0) is 10.8. The monoisotopic (exact) mass is 229 g/mol. The molecule has 0 unspecified atom stereocenters. The Labute approximate surface area is 100 Å². The van der Waals surface area contributed by atoms with E-state index >= 15 is 0 Å². The summed E-state index contributed by atoms with van der Waals surface area (Å²) in [6.45, 7) is 0.997. The largest absolute Gasteiger partial charge is 0.310 e. The molecule has 1 aliphatic carbocycles. The van der Waals surface area contributed by atoms with Gasteiger partial charge in [0.05, 0.1) is 0 Å². The molecular formula is C14H15NS. The van der Waals surface area contributed by atoms with Crippen molar-refractivity contribution in [2.24, 2.45) is 0 Å². The Morgan fingerprint density at radius 1 is 1.19 bits per heavy atom. The number of nitrogens with one attached hydrogen (secondary N) is 1. The first-order valence-electron chi connectivity index (χ1n) is 5.77. The molecule has 1 heterocycles. The van der Waals surface area contributed by atoms with E-state index in [-0.39, 0.29) is 0 Å². The molecule has 0 amide bonds. The van der Waals surface area contributed by atoms with E-state index in [4.69, 9.17) is 0 Å². The lowest BCUT2D eigenvalue weighted by atomic mass is 10.0. The third-order valence-corrected chi connectivity index (χ3v) is 3.69. The lowest BCUT2D eigenvalue weighted by Gasteiger charge is -2.08. The molecule has 1 aromatic heterocycles. The van der Waals surface area contributed by atoms with Gasteiger partial charge in [0.2, 0.25) is 0 Å². The SMILES string of the molecule is c1ccc(-c2ccsc2)c(CNC2CC2)c1. The van der Waals surface area contributed by atoms with Gasteiger partial charge in [0.25, 0.3) is 0 Å². The van der Waals surface area contributed by atoms with Crippen LogP contribution in [0, 0.1) is 0 Å². The lowest BCUT2D eigenvalue weighted by molar-refractivity contribution is 0.689. The van der Waals surface area contributed by atoms with Gasteiger partial charge in [0, 0.05) is 12.6 Å². The second kappa shape index (κ2) is 4.40. The summed E-state index contributed by atoms with van der Waals surface area (Å²) in [5.74, 6) is 0. The highest BCUT2D eigenvalue weighted by molar-refractivity contribution is 7.08. The van der Waals surface area contributed by atoms with Crippen molar-refractivity contribution in [1.82, 2.24) is 5.32 Å². The highest BCUT2D eigenvalue weighted by Crippen LogP contribution is 2.27. The van der Waals surface area contributed by atoms with E-state index in [1.807, 2.05) is 0 Å². The molecule has 1 aliphatic rings. The summed E-state index contributed by atoms with van der Waals surface area (Å²) >= 11 is 1.76. The van der Waals surface area contributed by atoms with Crippen LogP contribution in [0.5, 0.6) is 0 Å². The molecule has 82 valence electrons. The maximum atomic E-state index is 3.58. The zero-order valence-electron chi connectivity index (χ0n) is 9.15. The summed E-state index contributed by atoms with van der Waals surface area (Å²) in [6.07, 6.45) is 2.70. The first-order chi connectivity index (χ1) is 7.93. The summed E-state index contributed by atoms with van der Waals surface area (Å²) in [4.78, 5) is 0. The summed E-state index contributed by atoms with van der Waals surface area (Å²) in [5.41, 5.74) is 4.13. The fourth-order valence-corrected chi connectivity index (χ4v) is 2.57. The molecule has 0 aliphatic heterocycles. The molecule has 1 aromatic carbocycles. The fourth-order valence-electron chi connectivity index (χ4n) is 1.92. The summed E-state index contributed by atoms with van der Waals surface area (Å²) in [6, 6.07) is 11.7. The van der Waals surface area contributed by atoms with Crippen LogP contribution < -0.4 is 5.32 Å². The van der Waals surface area contributed by atoms with Crippen LogP contribution in [0.2, 0.25) is 0 Å². The molecule has 0 radical (unpaired) electrons. The van der Waals surface area contributed by atoms with E-state index in [0.717, 1.165) is 12.6 Å². The smallest absolute Gasteiger partial charge is 0.0214 e. The van der Waals surface area contributed by atoms with E-state index in [0.29, 0.717) is 0 Å². The van der Waals surface area contributed by atoms with Crippen molar-refractivity contribution in [3.63, 3.8) is 0 Å². The van der Waals surface area contributed by atoms with E-state index in [2.05, 4.69) is 46.4 Å². The van der Waals surface area contributed by atoms with Crippen molar-refractivity contribution < 1.29 is 0 Å². The van der Waals surface area contributed by atoms with Crippen LogP contribution >= 0.6 is 11.3 Å². The van der Waals surface area contributed by atoms with Crippen molar-refractivity contribution in [2.45, 2.75) is 25.4 Å². The van der Waals surface area contributed by atoms with Crippen molar-refractivity contribution in [3.05, 3.63) is 46.7 Å². The molecule has 1 nitrogen and oxygen atoms in total. The van der Waals surface area contributed by atoms with Crippen molar-refractivity contribution in [1.29, 1.82) is 0 Å². The molecule has 2 aromatic rings.